The van der Waals surface area contributed by atoms with Crippen LogP contribution in [0.3, 0.4) is 0 Å². The molecule has 0 saturated carbocycles. The molecule has 0 N–H and O–H groups in total. The molecule has 3 rings (SSSR count). The van der Waals surface area contributed by atoms with Crippen LogP contribution in [-0.4, -0.2) is 15.0 Å². The van der Waals surface area contributed by atoms with Crippen molar-refractivity contribution in [1.82, 2.24) is 15.0 Å². The minimum absolute atomic E-state index is 0.191. The van der Waals surface area contributed by atoms with Crippen LogP contribution in [0.25, 0.3) is 11.1 Å². The van der Waals surface area contributed by atoms with Crippen LogP contribution in [0.5, 0.6) is 0 Å². The fraction of sp³-hybridized carbons (Fsp3) is 0. The molecule has 0 aliphatic rings. The van der Waals surface area contributed by atoms with Gasteiger partial charge in [-0.25, -0.2) is 15.0 Å². The number of nitrogens with zero attached hydrogens (tertiary/aromatic N) is 3. The monoisotopic (exact) mass is 341 g/mol. The lowest BCUT2D eigenvalue weighted by Crippen LogP contribution is -1.86. The predicted molar refractivity (Wildman–Crippen MR) is 72.9 cm³/mol. The van der Waals surface area contributed by atoms with E-state index < -0.39 is 0 Å². The van der Waals surface area contributed by atoms with E-state index in [1.807, 2.05) is 24.3 Å². The first-order valence-electron chi connectivity index (χ1n) is 4.94. The molecule has 0 unspecified atom stereocenters. The molecule has 2 aromatic heterocycles. The first-order chi connectivity index (χ1) is 8.72. The number of benzene rings is 1. The van der Waals surface area contributed by atoms with Gasteiger partial charge in [0.25, 0.3) is 5.22 Å². The summed E-state index contributed by atoms with van der Waals surface area (Å²) < 4.78 is 6.34. The molecule has 4 nitrogen and oxygen atoms in total. The highest BCUT2D eigenvalue weighted by atomic mass is 79.9. The zero-order valence-electron chi connectivity index (χ0n) is 8.80. The number of hydrogen-bond donors (Lipinski definition) is 0. The van der Waals surface area contributed by atoms with Gasteiger partial charge in [-0.15, -0.1) is 0 Å². The quantitative estimate of drug-likeness (QED) is 0.516. The number of aromatic nitrogens is 3. The van der Waals surface area contributed by atoms with E-state index in [4.69, 9.17) is 16.0 Å². The van der Waals surface area contributed by atoms with Gasteiger partial charge < -0.3 is 4.42 Å². The number of rotatable bonds is 2. The Morgan fingerprint density at radius 3 is 2.89 bits per heavy atom. The Bertz CT molecular complexity index is 685. The van der Waals surface area contributed by atoms with Crippen molar-refractivity contribution in [1.29, 1.82) is 0 Å². The molecule has 1 aromatic carbocycles. The Morgan fingerprint density at radius 2 is 2.06 bits per heavy atom. The molecule has 3 aromatic rings. The SMILES string of the molecule is Clc1ncc(Br)c(Sc2nc3ccccc3o2)n1. The van der Waals surface area contributed by atoms with Gasteiger partial charge >= 0.3 is 0 Å². The fourth-order valence-corrected chi connectivity index (χ4v) is 2.72. The summed E-state index contributed by atoms with van der Waals surface area (Å²) in [6, 6.07) is 7.58. The standard InChI is InChI=1S/C11H5BrClN3OS/c12-6-5-14-10(13)16-9(6)18-11-15-7-3-1-2-4-8(7)17-11/h1-5H. The second-order valence-corrected chi connectivity index (χ2v) is 5.47. The first-order valence-corrected chi connectivity index (χ1v) is 6.92. The lowest BCUT2D eigenvalue weighted by Gasteiger charge is -1.98. The van der Waals surface area contributed by atoms with Crippen LogP contribution < -0.4 is 0 Å². The normalized spacial score (nSPS) is 11.0. The van der Waals surface area contributed by atoms with Crippen LogP contribution in [0.2, 0.25) is 5.28 Å². The van der Waals surface area contributed by atoms with Gasteiger partial charge in [-0.1, -0.05) is 12.1 Å². The van der Waals surface area contributed by atoms with Crippen molar-refractivity contribution in [3.8, 4) is 0 Å². The van der Waals surface area contributed by atoms with E-state index in [-0.39, 0.29) is 5.28 Å². The molecule has 0 aliphatic heterocycles. The van der Waals surface area contributed by atoms with E-state index in [9.17, 15) is 0 Å². The van der Waals surface area contributed by atoms with E-state index in [1.165, 1.54) is 11.8 Å². The summed E-state index contributed by atoms with van der Waals surface area (Å²) in [6.45, 7) is 0. The summed E-state index contributed by atoms with van der Waals surface area (Å²) in [5.74, 6) is 0. The molecule has 90 valence electrons. The molecule has 0 atom stereocenters. The van der Waals surface area contributed by atoms with Gasteiger partial charge in [-0.2, -0.15) is 0 Å². The van der Waals surface area contributed by atoms with Crippen LogP contribution in [-0.2, 0) is 0 Å². The zero-order chi connectivity index (χ0) is 12.5. The Labute approximate surface area is 120 Å². The van der Waals surface area contributed by atoms with E-state index >= 15 is 0 Å². The Kier molecular flexibility index (Phi) is 3.23. The van der Waals surface area contributed by atoms with Crippen LogP contribution in [0.15, 0.2) is 49.6 Å². The topological polar surface area (TPSA) is 51.8 Å². The van der Waals surface area contributed by atoms with Crippen molar-refractivity contribution in [2.45, 2.75) is 10.2 Å². The maximum atomic E-state index is 5.75. The molecule has 18 heavy (non-hydrogen) atoms. The van der Waals surface area contributed by atoms with Crippen molar-refractivity contribution in [2.75, 3.05) is 0 Å². The van der Waals surface area contributed by atoms with Gasteiger partial charge in [0.15, 0.2) is 5.58 Å². The summed E-state index contributed by atoms with van der Waals surface area (Å²) in [5.41, 5.74) is 1.56. The third kappa shape index (κ3) is 2.36. The summed E-state index contributed by atoms with van der Waals surface area (Å²) in [6.07, 6.45) is 1.60. The maximum Gasteiger partial charge on any atom is 0.263 e. The van der Waals surface area contributed by atoms with Crippen LogP contribution >= 0.6 is 39.3 Å². The number of oxazole rings is 1. The molecular formula is C11H5BrClN3OS. The smallest absolute Gasteiger partial charge is 0.263 e. The number of fused-ring (bicyclic) bond motifs is 1. The van der Waals surface area contributed by atoms with E-state index in [0.29, 0.717) is 10.2 Å². The summed E-state index contributed by atoms with van der Waals surface area (Å²) in [7, 11) is 0. The Hall–Kier alpha value is -1.11. The molecule has 0 fully saturated rings. The second-order valence-electron chi connectivity index (χ2n) is 3.34. The van der Waals surface area contributed by atoms with Crippen molar-refractivity contribution >= 4 is 50.4 Å². The highest BCUT2D eigenvalue weighted by Crippen LogP contribution is 2.33. The van der Waals surface area contributed by atoms with Gasteiger partial charge in [0.2, 0.25) is 5.28 Å². The molecule has 0 bridgehead atoms. The lowest BCUT2D eigenvalue weighted by molar-refractivity contribution is 0.489. The summed E-state index contributed by atoms with van der Waals surface area (Å²) >= 11 is 10.4. The molecule has 0 amide bonds. The minimum Gasteiger partial charge on any atom is -0.431 e. The third-order valence-corrected chi connectivity index (χ3v) is 4.02. The molecule has 0 spiro atoms. The molecule has 2 heterocycles. The highest BCUT2D eigenvalue weighted by Gasteiger charge is 2.11. The molecule has 0 aliphatic carbocycles. The van der Waals surface area contributed by atoms with Gasteiger partial charge in [0.05, 0.1) is 4.47 Å². The zero-order valence-corrected chi connectivity index (χ0v) is 12.0. The van der Waals surface area contributed by atoms with E-state index in [0.717, 1.165) is 15.6 Å². The molecular weight excluding hydrogens is 338 g/mol. The molecule has 0 radical (unpaired) electrons. The summed E-state index contributed by atoms with van der Waals surface area (Å²) in [5, 5.41) is 1.38. The van der Waals surface area contributed by atoms with Crippen molar-refractivity contribution in [3.05, 3.63) is 40.2 Å². The minimum atomic E-state index is 0.191. The van der Waals surface area contributed by atoms with Crippen LogP contribution in [0, 0.1) is 0 Å². The average molecular weight is 343 g/mol. The average Bonchev–Trinajstić information content (AvgIpc) is 2.76. The van der Waals surface area contributed by atoms with E-state index in [1.54, 1.807) is 6.20 Å². The van der Waals surface area contributed by atoms with Crippen molar-refractivity contribution in [2.24, 2.45) is 0 Å². The van der Waals surface area contributed by atoms with E-state index in [2.05, 4.69) is 30.9 Å². The first kappa shape index (κ1) is 12.0. The Morgan fingerprint density at radius 1 is 1.22 bits per heavy atom. The largest absolute Gasteiger partial charge is 0.431 e. The number of para-hydroxylation sites is 2. The van der Waals surface area contributed by atoms with Gasteiger partial charge in [0.1, 0.15) is 10.5 Å². The van der Waals surface area contributed by atoms with Crippen molar-refractivity contribution in [3.63, 3.8) is 0 Å². The van der Waals surface area contributed by atoms with Crippen molar-refractivity contribution < 1.29 is 4.42 Å². The Balaban J connectivity index is 1.98. The van der Waals surface area contributed by atoms with Crippen LogP contribution in [0.1, 0.15) is 0 Å². The molecule has 0 saturated heterocycles. The lowest BCUT2D eigenvalue weighted by atomic mass is 10.3. The van der Waals surface area contributed by atoms with Gasteiger partial charge in [-0.3, -0.25) is 0 Å². The predicted octanol–water partition coefficient (Wildman–Crippen LogP) is 4.18. The van der Waals surface area contributed by atoms with Gasteiger partial charge in [-0.05, 0) is 51.4 Å². The molecule has 7 heteroatoms. The number of hydrogen-bond acceptors (Lipinski definition) is 5. The maximum absolute atomic E-state index is 5.75. The summed E-state index contributed by atoms with van der Waals surface area (Å²) in [4.78, 5) is 12.3. The van der Waals surface area contributed by atoms with Crippen LogP contribution in [0.4, 0.5) is 0 Å². The second kappa shape index (κ2) is 4.87. The number of halogens is 2. The fourth-order valence-electron chi connectivity index (χ4n) is 1.38. The highest BCUT2D eigenvalue weighted by molar-refractivity contribution is 9.10. The van der Waals surface area contributed by atoms with Gasteiger partial charge in [0, 0.05) is 6.20 Å². The third-order valence-electron chi connectivity index (χ3n) is 2.14.